The molecule has 0 saturated heterocycles. The molecule has 0 amide bonds. The lowest BCUT2D eigenvalue weighted by atomic mass is 9.97. The Morgan fingerprint density at radius 2 is 1.84 bits per heavy atom. The highest BCUT2D eigenvalue weighted by Crippen LogP contribution is 2.31. The van der Waals surface area contributed by atoms with Crippen molar-refractivity contribution in [1.82, 2.24) is 5.43 Å². The summed E-state index contributed by atoms with van der Waals surface area (Å²) in [7, 11) is 0. The normalized spacial score (nSPS) is 12.5. The molecule has 1 unspecified atom stereocenters. The molecule has 0 fully saturated rings. The molecule has 2 aromatic rings. The Kier molecular flexibility index (Phi) is 4.14. The van der Waals surface area contributed by atoms with E-state index in [0.29, 0.717) is 11.1 Å². The van der Waals surface area contributed by atoms with Gasteiger partial charge < -0.3 is 0 Å². The summed E-state index contributed by atoms with van der Waals surface area (Å²) >= 11 is 5.92. The third-order valence-electron chi connectivity index (χ3n) is 2.92. The Labute approximate surface area is 115 Å². The van der Waals surface area contributed by atoms with Crippen LogP contribution in [0.25, 0.3) is 0 Å². The van der Waals surface area contributed by atoms with Crippen molar-refractivity contribution in [2.45, 2.75) is 13.0 Å². The fourth-order valence-corrected chi connectivity index (χ4v) is 2.21. The van der Waals surface area contributed by atoms with Crippen LogP contribution in [-0.4, -0.2) is 0 Å². The predicted octanol–water partition coefficient (Wildman–Crippen LogP) is 3.48. The molecule has 0 bridgehead atoms. The average Bonchev–Trinajstić information content (AvgIpc) is 2.39. The number of rotatable bonds is 3. The molecule has 0 spiro atoms. The zero-order chi connectivity index (χ0) is 14.0. The third-order valence-corrected chi connectivity index (χ3v) is 3.32. The van der Waals surface area contributed by atoms with Gasteiger partial charge in [-0.15, -0.1) is 0 Å². The van der Waals surface area contributed by atoms with Gasteiger partial charge in [0, 0.05) is 5.56 Å². The Morgan fingerprint density at radius 1 is 1.11 bits per heavy atom. The summed E-state index contributed by atoms with van der Waals surface area (Å²) < 4.78 is 27.4. The first-order valence-corrected chi connectivity index (χ1v) is 6.08. The first kappa shape index (κ1) is 13.9. The van der Waals surface area contributed by atoms with Crippen LogP contribution >= 0.6 is 11.6 Å². The molecule has 2 aromatic carbocycles. The molecule has 100 valence electrons. The molecule has 0 aliphatic rings. The lowest BCUT2D eigenvalue weighted by Crippen LogP contribution is -2.30. The highest BCUT2D eigenvalue weighted by molar-refractivity contribution is 6.31. The van der Waals surface area contributed by atoms with E-state index in [2.05, 4.69) is 5.43 Å². The molecular weight excluding hydrogens is 270 g/mol. The minimum absolute atomic E-state index is 0.0636. The van der Waals surface area contributed by atoms with E-state index < -0.39 is 17.7 Å². The van der Waals surface area contributed by atoms with Gasteiger partial charge >= 0.3 is 0 Å². The van der Waals surface area contributed by atoms with Crippen molar-refractivity contribution >= 4 is 11.6 Å². The SMILES string of the molecule is Cc1ccc(F)c(C(NN)c2cccc(F)c2Cl)c1. The molecule has 0 aliphatic carbocycles. The maximum Gasteiger partial charge on any atom is 0.142 e. The number of nitrogens with one attached hydrogen (secondary N) is 1. The monoisotopic (exact) mass is 282 g/mol. The summed E-state index contributed by atoms with van der Waals surface area (Å²) in [5.74, 6) is 4.49. The van der Waals surface area contributed by atoms with E-state index in [1.807, 2.05) is 6.92 Å². The zero-order valence-corrected chi connectivity index (χ0v) is 11.0. The molecule has 19 heavy (non-hydrogen) atoms. The van der Waals surface area contributed by atoms with Crippen LogP contribution in [0.4, 0.5) is 8.78 Å². The quantitative estimate of drug-likeness (QED) is 0.668. The van der Waals surface area contributed by atoms with Crippen LogP contribution in [0.3, 0.4) is 0 Å². The van der Waals surface area contributed by atoms with Crippen LogP contribution in [-0.2, 0) is 0 Å². The minimum Gasteiger partial charge on any atom is -0.271 e. The van der Waals surface area contributed by atoms with E-state index in [9.17, 15) is 8.78 Å². The van der Waals surface area contributed by atoms with Crippen LogP contribution in [0, 0.1) is 18.6 Å². The van der Waals surface area contributed by atoms with E-state index in [0.717, 1.165) is 5.56 Å². The molecule has 0 saturated carbocycles. The van der Waals surface area contributed by atoms with Crippen LogP contribution in [0.5, 0.6) is 0 Å². The van der Waals surface area contributed by atoms with Gasteiger partial charge in [-0.05, 0) is 24.6 Å². The van der Waals surface area contributed by atoms with Gasteiger partial charge in [-0.2, -0.15) is 0 Å². The Bertz CT molecular complexity index is 600. The average molecular weight is 283 g/mol. The van der Waals surface area contributed by atoms with Gasteiger partial charge in [0.05, 0.1) is 11.1 Å². The van der Waals surface area contributed by atoms with Crippen molar-refractivity contribution in [2.24, 2.45) is 5.84 Å². The summed E-state index contributed by atoms with van der Waals surface area (Å²) in [4.78, 5) is 0. The Morgan fingerprint density at radius 3 is 2.53 bits per heavy atom. The van der Waals surface area contributed by atoms with Gasteiger partial charge in [-0.25, -0.2) is 14.2 Å². The van der Waals surface area contributed by atoms with Crippen LogP contribution in [0.1, 0.15) is 22.7 Å². The first-order chi connectivity index (χ1) is 9.04. The van der Waals surface area contributed by atoms with Crippen LogP contribution < -0.4 is 11.3 Å². The summed E-state index contributed by atoms with van der Waals surface area (Å²) in [5.41, 5.74) is 4.08. The van der Waals surface area contributed by atoms with Crippen molar-refractivity contribution in [2.75, 3.05) is 0 Å². The molecule has 0 radical (unpaired) electrons. The van der Waals surface area contributed by atoms with Gasteiger partial charge in [0.15, 0.2) is 0 Å². The fraction of sp³-hybridized carbons (Fsp3) is 0.143. The predicted molar refractivity (Wildman–Crippen MR) is 71.7 cm³/mol. The van der Waals surface area contributed by atoms with Crippen molar-refractivity contribution in [3.05, 3.63) is 69.7 Å². The molecule has 3 N–H and O–H groups in total. The third kappa shape index (κ3) is 2.76. The van der Waals surface area contributed by atoms with E-state index in [1.165, 1.54) is 18.2 Å². The topological polar surface area (TPSA) is 38.0 Å². The molecule has 0 aliphatic heterocycles. The Hall–Kier alpha value is -1.49. The first-order valence-electron chi connectivity index (χ1n) is 5.70. The summed E-state index contributed by atoms with van der Waals surface area (Å²) in [6.45, 7) is 1.84. The molecular formula is C14H13ClF2N2. The second-order valence-corrected chi connectivity index (χ2v) is 4.65. The smallest absolute Gasteiger partial charge is 0.142 e. The molecule has 2 nitrogen and oxygen atoms in total. The number of hydrogen-bond acceptors (Lipinski definition) is 2. The maximum atomic E-state index is 13.9. The molecule has 2 rings (SSSR count). The fourth-order valence-electron chi connectivity index (χ4n) is 1.97. The van der Waals surface area contributed by atoms with Crippen molar-refractivity contribution in [1.29, 1.82) is 0 Å². The zero-order valence-electron chi connectivity index (χ0n) is 10.3. The van der Waals surface area contributed by atoms with Crippen molar-refractivity contribution in [3.63, 3.8) is 0 Å². The number of aryl methyl sites for hydroxylation is 1. The summed E-state index contributed by atoms with van der Waals surface area (Å²) in [6, 6.07) is 8.31. The van der Waals surface area contributed by atoms with Gasteiger partial charge in [0.1, 0.15) is 11.6 Å². The second-order valence-electron chi connectivity index (χ2n) is 4.27. The molecule has 0 heterocycles. The highest BCUT2D eigenvalue weighted by Gasteiger charge is 2.20. The lowest BCUT2D eigenvalue weighted by Gasteiger charge is -2.19. The van der Waals surface area contributed by atoms with Crippen molar-refractivity contribution in [3.8, 4) is 0 Å². The number of hydrazine groups is 1. The second kappa shape index (κ2) is 5.65. The molecule has 0 aromatic heterocycles. The minimum atomic E-state index is -0.705. The van der Waals surface area contributed by atoms with Gasteiger partial charge in [0.25, 0.3) is 0 Å². The molecule has 5 heteroatoms. The number of nitrogens with two attached hydrogens (primary N) is 1. The van der Waals surface area contributed by atoms with E-state index in [4.69, 9.17) is 17.4 Å². The summed E-state index contributed by atoms with van der Waals surface area (Å²) in [6.07, 6.45) is 0. The maximum absolute atomic E-state index is 13.9. The van der Waals surface area contributed by atoms with Gasteiger partial charge in [-0.3, -0.25) is 5.84 Å². The standard InChI is InChI=1S/C14H13ClF2N2/c1-8-5-6-11(16)10(7-8)14(19-18)9-3-2-4-12(17)13(9)15/h2-7,14,19H,18H2,1H3. The Balaban J connectivity index is 2.56. The van der Waals surface area contributed by atoms with Crippen molar-refractivity contribution < 1.29 is 8.78 Å². The van der Waals surface area contributed by atoms with Gasteiger partial charge in [0.2, 0.25) is 0 Å². The van der Waals surface area contributed by atoms with E-state index in [1.54, 1.807) is 18.2 Å². The largest absolute Gasteiger partial charge is 0.271 e. The van der Waals surface area contributed by atoms with E-state index >= 15 is 0 Å². The van der Waals surface area contributed by atoms with Crippen LogP contribution in [0.2, 0.25) is 5.02 Å². The highest BCUT2D eigenvalue weighted by atomic mass is 35.5. The summed E-state index contributed by atoms with van der Waals surface area (Å²) in [5, 5.41) is -0.0636. The number of halogens is 3. The number of benzene rings is 2. The van der Waals surface area contributed by atoms with E-state index in [-0.39, 0.29) is 5.02 Å². The van der Waals surface area contributed by atoms with Crippen LogP contribution in [0.15, 0.2) is 36.4 Å². The molecule has 1 atom stereocenters. The lowest BCUT2D eigenvalue weighted by molar-refractivity contribution is 0.555. The number of hydrogen-bond donors (Lipinski definition) is 2. The van der Waals surface area contributed by atoms with Gasteiger partial charge in [-0.1, -0.05) is 41.4 Å².